The van der Waals surface area contributed by atoms with Crippen LogP contribution in [-0.2, 0) is 10.0 Å². The Morgan fingerprint density at radius 2 is 1.65 bits per heavy atom. The first-order valence-corrected chi connectivity index (χ1v) is 8.08. The molecule has 2 aromatic rings. The van der Waals surface area contributed by atoms with E-state index < -0.39 is 10.0 Å². The van der Waals surface area contributed by atoms with Gasteiger partial charge in [-0.15, -0.1) is 0 Å². The van der Waals surface area contributed by atoms with Gasteiger partial charge in [0.05, 0.1) is 5.02 Å². The fourth-order valence-electron chi connectivity index (χ4n) is 1.70. The molecule has 0 amide bonds. The Bertz CT molecular complexity index is 758. The van der Waals surface area contributed by atoms with Crippen molar-refractivity contribution in [3.05, 3.63) is 57.6 Å². The van der Waals surface area contributed by atoms with Gasteiger partial charge in [0.25, 0.3) is 10.0 Å². The highest BCUT2D eigenvalue weighted by atomic mass is 35.5. The van der Waals surface area contributed by atoms with E-state index in [2.05, 4.69) is 4.72 Å². The Hall–Kier alpha value is -1.23. The number of anilines is 1. The van der Waals surface area contributed by atoms with Crippen molar-refractivity contribution in [2.45, 2.75) is 18.7 Å². The molecule has 0 aliphatic heterocycles. The van der Waals surface area contributed by atoms with Crippen LogP contribution in [-0.4, -0.2) is 8.42 Å². The molecule has 0 unspecified atom stereocenters. The fraction of sp³-hybridized carbons (Fsp3) is 0.143. The lowest BCUT2D eigenvalue weighted by molar-refractivity contribution is 0.601. The second kappa shape index (κ2) is 5.64. The molecular weight excluding hydrogens is 317 g/mol. The predicted octanol–water partition coefficient (Wildman–Crippen LogP) is 4.41. The summed E-state index contributed by atoms with van der Waals surface area (Å²) in [6.45, 7) is 3.88. The van der Waals surface area contributed by atoms with Crippen LogP contribution in [0.1, 0.15) is 11.1 Å². The highest BCUT2D eigenvalue weighted by Crippen LogP contribution is 2.27. The Kier molecular flexibility index (Phi) is 4.28. The molecule has 106 valence electrons. The first kappa shape index (κ1) is 15.2. The first-order valence-electron chi connectivity index (χ1n) is 5.85. The van der Waals surface area contributed by atoms with Gasteiger partial charge in [-0.2, -0.15) is 0 Å². The van der Waals surface area contributed by atoms with Crippen LogP contribution in [0.15, 0.2) is 41.3 Å². The van der Waals surface area contributed by atoms with Gasteiger partial charge in [-0.05, 0) is 55.3 Å². The van der Waals surface area contributed by atoms with E-state index in [1.807, 2.05) is 19.9 Å². The molecule has 2 rings (SSSR count). The minimum atomic E-state index is -3.76. The molecule has 2 aromatic carbocycles. The molecule has 6 heteroatoms. The van der Waals surface area contributed by atoms with Crippen molar-refractivity contribution in [2.24, 2.45) is 0 Å². The number of rotatable bonds is 3. The minimum Gasteiger partial charge on any atom is -0.280 e. The summed E-state index contributed by atoms with van der Waals surface area (Å²) in [5.41, 5.74) is 2.58. The van der Waals surface area contributed by atoms with E-state index in [0.717, 1.165) is 11.1 Å². The summed E-state index contributed by atoms with van der Waals surface area (Å²) >= 11 is 11.7. The molecule has 0 saturated carbocycles. The van der Waals surface area contributed by atoms with Crippen LogP contribution < -0.4 is 4.72 Å². The van der Waals surface area contributed by atoms with Crippen molar-refractivity contribution in [3.63, 3.8) is 0 Å². The molecule has 0 fully saturated rings. The Balaban J connectivity index is 2.40. The number of nitrogens with one attached hydrogen (secondary N) is 1. The van der Waals surface area contributed by atoms with Crippen LogP contribution >= 0.6 is 23.2 Å². The quantitative estimate of drug-likeness (QED) is 0.906. The molecule has 1 N–H and O–H groups in total. The fourth-order valence-corrected chi connectivity index (χ4v) is 3.51. The maximum absolute atomic E-state index is 12.3. The Morgan fingerprint density at radius 3 is 2.30 bits per heavy atom. The maximum Gasteiger partial charge on any atom is 0.263 e. The molecule has 0 saturated heterocycles. The maximum atomic E-state index is 12.3. The number of benzene rings is 2. The number of sulfonamides is 1. The summed E-state index contributed by atoms with van der Waals surface area (Å²) in [6.07, 6.45) is 0. The van der Waals surface area contributed by atoms with E-state index >= 15 is 0 Å². The molecule has 0 bridgehead atoms. The van der Waals surface area contributed by atoms with Crippen LogP contribution in [0.25, 0.3) is 0 Å². The largest absolute Gasteiger partial charge is 0.280 e. The summed E-state index contributed by atoms with van der Waals surface area (Å²) in [7, 11) is -3.76. The average Bonchev–Trinajstić information content (AvgIpc) is 2.36. The van der Waals surface area contributed by atoms with Crippen LogP contribution in [0.2, 0.25) is 10.0 Å². The zero-order valence-corrected chi connectivity index (χ0v) is 13.3. The molecule has 3 nitrogen and oxygen atoms in total. The SMILES string of the molecule is Cc1ccc(NS(=O)(=O)c2cc(Cl)ccc2Cl)cc1C. The van der Waals surface area contributed by atoms with Gasteiger partial charge < -0.3 is 0 Å². The van der Waals surface area contributed by atoms with Crippen molar-refractivity contribution in [1.29, 1.82) is 0 Å². The van der Waals surface area contributed by atoms with Crippen LogP contribution in [0.5, 0.6) is 0 Å². The van der Waals surface area contributed by atoms with Gasteiger partial charge >= 0.3 is 0 Å². The molecule has 0 radical (unpaired) electrons. The summed E-state index contributed by atoms with van der Waals surface area (Å²) in [5, 5.41) is 0.445. The van der Waals surface area contributed by atoms with Gasteiger partial charge in [-0.1, -0.05) is 29.3 Å². The number of hydrogen-bond donors (Lipinski definition) is 1. The molecule has 0 aromatic heterocycles. The van der Waals surface area contributed by atoms with Gasteiger partial charge in [-0.3, -0.25) is 4.72 Å². The second-order valence-corrected chi connectivity index (χ2v) is 6.97. The van der Waals surface area contributed by atoms with E-state index in [1.165, 1.54) is 12.1 Å². The lowest BCUT2D eigenvalue weighted by Crippen LogP contribution is -2.13. The van der Waals surface area contributed by atoms with Crippen molar-refractivity contribution >= 4 is 38.9 Å². The van der Waals surface area contributed by atoms with Gasteiger partial charge in [0.1, 0.15) is 4.90 Å². The second-order valence-electron chi connectivity index (χ2n) is 4.48. The van der Waals surface area contributed by atoms with Crippen molar-refractivity contribution < 1.29 is 8.42 Å². The van der Waals surface area contributed by atoms with Crippen LogP contribution in [0.4, 0.5) is 5.69 Å². The minimum absolute atomic E-state index is 0.0371. The Morgan fingerprint density at radius 1 is 0.950 bits per heavy atom. The summed E-state index contributed by atoms with van der Waals surface area (Å²) in [4.78, 5) is -0.0371. The van der Waals surface area contributed by atoms with E-state index in [9.17, 15) is 8.42 Å². The lowest BCUT2D eigenvalue weighted by Gasteiger charge is -2.11. The highest BCUT2D eigenvalue weighted by Gasteiger charge is 2.18. The van der Waals surface area contributed by atoms with Crippen molar-refractivity contribution in [2.75, 3.05) is 4.72 Å². The first-order chi connectivity index (χ1) is 9.29. The zero-order valence-electron chi connectivity index (χ0n) is 10.9. The third kappa shape index (κ3) is 3.26. The molecule has 0 heterocycles. The average molecular weight is 330 g/mol. The van der Waals surface area contributed by atoms with Crippen molar-refractivity contribution in [3.8, 4) is 0 Å². The highest BCUT2D eigenvalue weighted by molar-refractivity contribution is 7.92. The molecule has 0 aliphatic rings. The van der Waals surface area contributed by atoms with E-state index in [4.69, 9.17) is 23.2 Å². The topological polar surface area (TPSA) is 46.2 Å². The third-order valence-electron chi connectivity index (χ3n) is 2.94. The molecule has 0 aliphatic carbocycles. The molecular formula is C14H13Cl2NO2S. The van der Waals surface area contributed by atoms with Crippen LogP contribution in [0, 0.1) is 13.8 Å². The summed E-state index contributed by atoms with van der Waals surface area (Å²) < 4.78 is 27.1. The smallest absolute Gasteiger partial charge is 0.263 e. The summed E-state index contributed by atoms with van der Waals surface area (Å²) in [5.74, 6) is 0. The van der Waals surface area contributed by atoms with E-state index in [0.29, 0.717) is 10.7 Å². The van der Waals surface area contributed by atoms with Gasteiger partial charge in [-0.25, -0.2) is 8.42 Å². The molecule has 0 spiro atoms. The third-order valence-corrected chi connectivity index (χ3v) is 5.04. The number of hydrogen-bond acceptors (Lipinski definition) is 2. The zero-order chi connectivity index (χ0) is 14.9. The lowest BCUT2D eigenvalue weighted by atomic mass is 10.1. The van der Waals surface area contributed by atoms with Crippen molar-refractivity contribution in [1.82, 2.24) is 0 Å². The standard InChI is InChI=1S/C14H13Cl2NO2S/c1-9-3-5-12(7-10(9)2)17-20(18,19)14-8-11(15)4-6-13(14)16/h3-8,17H,1-2H3. The van der Waals surface area contributed by atoms with Crippen LogP contribution in [0.3, 0.4) is 0 Å². The van der Waals surface area contributed by atoms with E-state index in [1.54, 1.807) is 18.2 Å². The predicted molar refractivity (Wildman–Crippen MR) is 83.2 cm³/mol. The monoisotopic (exact) mass is 329 g/mol. The molecule has 20 heavy (non-hydrogen) atoms. The number of halogens is 2. The normalized spacial score (nSPS) is 11.4. The summed E-state index contributed by atoms with van der Waals surface area (Å²) in [6, 6.07) is 9.65. The molecule has 0 atom stereocenters. The van der Waals surface area contributed by atoms with Gasteiger partial charge in [0.2, 0.25) is 0 Å². The van der Waals surface area contributed by atoms with Gasteiger partial charge in [0.15, 0.2) is 0 Å². The van der Waals surface area contributed by atoms with E-state index in [-0.39, 0.29) is 9.92 Å². The van der Waals surface area contributed by atoms with Gasteiger partial charge in [0, 0.05) is 10.7 Å². The number of aryl methyl sites for hydroxylation is 2. The Labute approximate surface area is 128 Å².